The lowest BCUT2D eigenvalue weighted by Gasteiger charge is -2.12. The van der Waals surface area contributed by atoms with Gasteiger partial charge in [-0.15, -0.1) is 0 Å². The molecule has 0 fully saturated rings. The summed E-state index contributed by atoms with van der Waals surface area (Å²) >= 11 is 0. The van der Waals surface area contributed by atoms with Crippen molar-refractivity contribution in [3.8, 4) is 5.69 Å². The van der Waals surface area contributed by atoms with E-state index in [9.17, 15) is 13.2 Å². The van der Waals surface area contributed by atoms with E-state index >= 15 is 0 Å². The molecular formula is C15H18F3N3. The van der Waals surface area contributed by atoms with Gasteiger partial charge in [0, 0.05) is 18.4 Å². The fourth-order valence-electron chi connectivity index (χ4n) is 2.10. The molecular weight excluding hydrogens is 279 g/mol. The Hall–Kier alpha value is -1.82. The molecule has 1 aromatic carbocycles. The van der Waals surface area contributed by atoms with Crippen molar-refractivity contribution >= 4 is 0 Å². The molecule has 0 unspecified atom stereocenters. The van der Waals surface area contributed by atoms with Gasteiger partial charge in [0.25, 0.3) is 0 Å². The number of hydrogen-bond donors (Lipinski definition) is 0. The molecule has 2 aromatic rings. The van der Waals surface area contributed by atoms with Crippen LogP contribution in [0.5, 0.6) is 0 Å². The van der Waals surface area contributed by atoms with Crippen molar-refractivity contribution < 1.29 is 13.2 Å². The van der Waals surface area contributed by atoms with Crippen LogP contribution in [-0.2, 0) is 19.1 Å². The van der Waals surface area contributed by atoms with Crippen LogP contribution in [-0.4, -0.2) is 28.5 Å². The van der Waals surface area contributed by atoms with Gasteiger partial charge in [0.15, 0.2) is 0 Å². The van der Waals surface area contributed by atoms with E-state index in [4.69, 9.17) is 0 Å². The second-order valence-corrected chi connectivity index (χ2v) is 5.25. The Morgan fingerprint density at radius 3 is 2.48 bits per heavy atom. The third-order valence-corrected chi connectivity index (χ3v) is 3.13. The highest BCUT2D eigenvalue weighted by Gasteiger charge is 2.31. The number of benzene rings is 1. The molecule has 3 nitrogen and oxygen atoms in total. The largest absolute Gasteiger partial charge is 0.416 e. The minimum Gasteiger partial charge on any atom is -0.306 e. The molecule has 1 aromatic heterocycles. The number of halogens is 3. The second-order valence-electron chi connectivity index (χ2n) is 5.25. The van der Waals surface area contributed by atoms with Crippen molar-refractivity contribution in [2.45, 2.75) is 26.1 Å². The quantitative estimate of drug-likeness (QED) is 0.861. The molecule has 2 rings (SSSR count). The van der Waals surface area contributed by atoms with E-state index in [1.807, 2.05) is 25.9 Å². The smallest absolute Gasteiger partial charge is 0.306 e. The zero-order valence-corrected chi connectivity index (χ0v) is 12.3. The normalized spacial score (nSPS) is 12.1. The van der Waals surface area contributed by atoms with Crippen LogP contribution in [0.2, 0.25) is 0 Å². The number of hydrogen-bond acceptors (Lipinski definition) is 2. The molecule has 0 N–H and O–H groups in total. The lowest BCUT2D eigenvalue weighted by Crippen LogP contribution is -2.10. The Morgan fingerprint density at radius 2 is 1.90 bits per heavy atom. The molecule has 0 radical (unpaired) electrons. The summed E-state index contributed by atoms with van der Waals surface area (Å²) in [5.74, 6) is 0. The molecule has 0 spiro atoms. The van der Waals surface area contributed by atoms with Gasteiger partial charge in [-0.3, -0.25) is 0 Å². The van der Waals surface area contributed by atoms with E-state index in [1.165, 1.54) is 6.07 Å². The van der Waals surface area contributed by atoms with Gasteiger partial charge in [-0.1, -0.05) is 6.92 Å². The number of imidazole rings is 1. The maximum Gasteiger partial charge on any atom is 0.416 e. The fraction of sp³-hybridized carbons (Fsp3) is 0.400. The van der Waals surface area contributed by atoms with E-state index < -0.39 is 11.7 Å². The number of alkyl halides is 3. The highest BCUT2D eigenvalue weighted by molar-refractivity contribution is 5.41. The summed E-state index contributed by atoms with van der Waals surface area (Å²) < 4.78 is 40.5. The Labute approximate surface area is 122 Å². The summed E-state index contributed by atoms with van der Waals surface area (Å²) in [6, 6.07) is 4.11. The summed E-state index contributed by atoms with van der Waals surface area (Å²) in [5, 5.41) is 0. The van der Waals surface area contributed by atoms with Crippen molar-refractivity contribution in [3.05, 3.63) is 47.5 Å². The standard InChI is InChI=1S/C15H18F3N3/c1-4-11-5-12(15(16,17)18)7-14(6-11)21-9-13(19-10-21)8-20(2)3/h5-7,9-10H,4,8H2,1-3H3. The summed E-state index contributed by atoms with van der Waals surface area (Å²) in [5.41, 5.74) is 1.33. The lowest BCUT2D eigenvalue weighted by atomic mass is 10.1. The van der Waals surface area contributed by atoms with Gasteiger partial charge in [0.2, 0.25) is 0 Å². The molecule has 1 heterocycles. The topological polar surface area (TPSA) is 21.1 Å². The van der Waals surface area contributed by atoms with Gasteiger partial charge < -0.3 is 9.47 Å². The molecule has 114 valence electrons. The summed E-state index contributed by atoms with van der Waals surface area (Å²) in [6.45, 7) is 2.48. The Bertz CT molecular complexity index is 615. The average Bonchev–Trinajstić information content (AvgIpc) is 2.84. The van der Waals surface area contributed by atoms with Crippen LogP contribution in [0.3, 0.4) is 0 Å². The first kappa shape index (κ1) is 15.6. The number of aromatic nitrogens is 2. The zero-order valence-electron chi connectivity index (χ0n) is 12.3. The maximum absolute atomic E-state index is 12.9. The second kappa shape index (κ2) is 5.89. The van der Waals surface area contributed by atoms with E-state index in [1.54, 1.807) is 23.2 Å². The number of rotatable bonds is 4. The molecule has 0 aliphatic heterocycles. The first-order valence-electron chi connectivity index (χ1n) is 6.68. The third-order valence-electron chi connectivity index (χ3n) is 3.13. The van der Waals surface area contributed by atoms with Crippen LogP contribution in [0.15, 0.2) is 30.7 Å². The van der Waals surface area contributed by atoms with Gasteiger partial charge in [-0.2, -0.15) is 13.2 Å². The van der Waals surface area contributed by atoms with Gasteiger partial charge >= 0.3 is 6.18 Å². The highest BCUT2D eigenvalue weighted by Crippen LogP contribution is 2.31. The lowest BCUT2D eigenvalue weighted by molar-refractivity contribution is -0.137. The minimum atomic E-state index is -4.34. The van der Waals surface area contributed by atoms with Crippen LogP contribution in [0.4, 0.5) is 13.2 Å². The van der Waals surface area contributed by atoms with Gasteiger partial charge in [0.1, 0.15) is 0 Å². The van der Waals surface area contributed by atoms with Crippen LogP contribution in [0.25, 0.3) is 5.69 Å². The highest BCUT2D eigenvalue weighted by atomic mass is 19.4. The summed E-state index contributed by atoms with van der Waals surface area (Å²) in [7, 11) is 3.83. The molecule has 21 heavy (non-hydrogen) atoms. The van der Waals surface area contributed by atoms with Crippen molar-refractivity contribution in [1.29, 1.82) is 0 Å². The van der Waals surface area contributed by atoms with Crippen molar-refractivity contribution in [1.82, 2.24) is 14.5 Å². The molecule has 0 atom stereocenters. The van der Waals surface area contributed by atoms with Crippen LogP contribution >= 0.6 is 0 Å². The van der Waals surface area contributed by atoms with E-state index in [2.05, 4.69) is 4.98 Å². The first-order valence-corrected chi connectivity index (χ1v) is 6.68. The molecule has 0 aliphatic carbocycles. The number of nitrogens with zero attached hydrogens (tertiary/aromatic N) is 3. The van der Waals surface area contributed by atoms with Crippen molar-refractivity contribution in [3.63, 3.8) is 0 Å². The summed E-state index contributed by atoms with van der Waals surface area (Å²) in [6.07, 6.45) is -0.480. The van der Waals surface area contributed by atoms with Crippen LogP contribution in [0.1, 0.15) is 23.7 Å². The predicted octanol–water partition coefficient (Wildman–Crippen LogP) is 3.52. The van der Waals surface area contributed by atoms with Crippen molar-refractivity contribution in [2.75, 3.05) is 14.1 Å². The molecule has 0 bridgehead atoms. The fourth-order valence-corrected chi connectivity index (χ4v) is 2.10. The monoisotopic (exact) mass is 297 g/mol. The molecule has 0 saturated carbocycles. The minimum absolute atomic E-state index is 0.485. The SMILES string of the molecule is CCc1cc(-n2cnc(CN(C)C)c2)cc(C(F)(F)F)c1. The molecule has 6 heteroatoms. The maximum atomic E-state index is 12.9. The number of aryl methyl sites for hydroxylation is 1. The van der Waals surface area contributed by atoms with Gasteiger partial charge in [0.05, 0.1) is 17.6 Å². The zero-order chi connectivity index (χ0) is 15.6. The average molecular weight is 297 g/mol. The van der Waals surface area contributed by atoms with Crippen LogP contribution < -0.4 is 0 Å². The van der Waals surface area contributed by atoms with Crippen LogP contribution in [0, 0.1) is 0 Å². The molecule has 0 amide bonds. The van der Waals surface area contributed by atoms with E-state index in [0.717, 1.165) is 11.8 Å². The van der Waals surface area contributed by atoms with Gasteiger partial charge in [-0.25, -0.2) is 4.98 Å². The molecule has 0 aliphatic rings. The van der Waals surface area contributed by atoms with E-state index in [0.29, 0.717) is 24.2 Å². The Morgan fingerprint density at radius 1 is 1.19 bits per heavy atom. The van der Waals surface area contributed by atoms with E-state index in [-0.39, 0.29) is 0 Å². The molecule has 0 saturated heterocycles. The Balaban J connectivity index is 2.41. The summed E-state index contributed by atoms with van der Waals surface area (Å²) in [4.78, 5) is 6.17. The van der Waals surface area contributed by atoms with Crippen molar-refractivity contribution in [2.24, 2.45) is 0 Å². The first-order chi connectivity index (χ1) is 9.79. The third kappa shape index (κ3) is 3.85. The Kier molecular flexibility index (Phi) is 4.37. The predicted molar refractivity (Wildman–Crippen MR) is 75.3 cm³/mol. The van der Waals surface area contributed by atoms with Gasteiger partial charge in [-0.05, 0) is 44.3 Å².